The Bertz CT molecular complexity index is 616. The van der Waals surface area contributed by atoms with Crippen molar-refractivity contribution in [1.82, 2.24) is 15.5 Å². The standard InChI is InChI=1S/C19H26FN3O2/c20-16-8-4-7-15(11-16)17-12-21-9-10-23(17)18(24)13-22-19(25)14-5-2-1-3-6-14/h4,7-8,11,14,17,21H,1-3,5-6,9-10,12-13H2,(H,22,25). The van der Waals surface area contributed by atoms with Crippen LogP contribution in [0.2, 0.25) is 0 Å². The zero-order valence-electron chi connectivity index (χ0n) is 14.5. The number of rotatable bonds is 4. The van der Waals surface area contributed by atoms with Gasteiger partial charge in [-0.3, -0.25) is 9.59 Å². The van der Waals surface area contributed by atoms with Crippen LogP contribution in [0.3, 0.4) is 0 Å². The van der Waals surface area contributed by atoms with E-state index >= 15 is 0 Å². The van der Waals surface area contributed by atoms with Gasteiger partial charge in [0.15, 0.2) is 0 Å². The molecule has 136 valence electrons. The van der Waals surface area contributed by atoms with Crippen LogP contribution in [0.25, 0.3) is 0 Å². The molecule has 0 aromatic heterocycles. The Balaban J connectivity index is 1.60. The van der Waals surface area contributed by atoms with Crippen molar-refractivity contribution in [2.75, 3.05) is 26.2 Å². The highest BCUT2D eigenvalue weighted by atomic mass is 19.1. The average Bonchev–Trinajstić information content (AvgIpc) is 2.66. The van der Waals surface area contributed by atoms with Gasteiger partial charge >= 0.3 is 0 Å². The van der Waals surface area contributed by atoms with E-state index in [1.165, 1.54) is 18.6 Å². The molecule has 1 atom stereocenters. The Hall–Kier alpha value is -1.95. The van der Waals surface area contributed by atoms with Crippen molar-refractivity contribution < 1.29 is 14.0 Å². The van der Waals surface area contributed by atoms with Crippen LogP contribution in [0.4, 0.5) is 4.39 Å². The Morgan fingerprint density at radius 3 is 2.80 bits per heavy atom. The van der Waals surface area contributed by atoms with Gasteiger partial charge in [0.25, 0.3) is 0 Å². The van der Waals surface area contributed by atoms with E-state index in [-0.39, 0.29) is 36.1 Å². The molecule has 1 saturated carbocycles. The van der Waals surface area contributed by atoms with Crippen molar-refractivity contribution in [2.24, 2.45) is 5.92 Å². The topological polar surface area (TPSA) is 61.4 Å². The van der Waals surface area contributed by atoms with Crippen molar-refractivity contribution in [1.29, 1.82) is 0 Å². The predicted octanol–water partition coefficient (Wildman–Crippen LogP) is 2.00. The molecule has 2 aliphatic rings. The molecule has 5 nitrogen and oxygen atoms in total. The van der Waals surface area contributed by atoms with E-state index < -0.39 is 0 Å². The molecule has 3 rings (SSSR count). The van der Waals surface area contributed by atoms with Crippen LogP contribution in [0.5, 0.6) is 0 Å². The van der Waals surface area contributed by atoms with Crippen molar-refractivity contribution in [3.63, 3.8) is 0 Å². The van der Waals surface area contributed by atoms with Gasteiger partial charge < -0.3 is 15.5 Å². The van der Waals surface area contributed by atoms with E-state index in [1.54, 1.807) is 11.0 Å². The summed E-state index contributed by atoms with van der Waals surface area (Å²) in [6, 6.07) is 6.16. The van der Waals surface area contributed by atoms with Crippen LogP contribution < -0.4 is 10.6 Å². The van der Waals surface area contributed by atoms with Gasteiger partial charge in [-0.2, -0.15) is 0 Å². The maximum absolute atomic E-state index is 13.5. The molecule has 6 heteroatoms. The highest BCUT2D eigenvalue weighted by molar-refractivity contribution is 5.86. The molecule has 1 aliphatic carbocycles. The molecule has 1 aromatic carbocycles. The second kappa shape index (κ2) is 8.43. The van der Waals surface area contributed by atoms with Gasteiger partial charge in [-0.1, -0.05) is 31.4 Å². The highest BCUT2D eigenvalue weighted by Crippen LogP contribution is 2.24. The summed E-state index contributed by atoms with van der Waals surface area (Å²) in [6.45, 7) is 1.86. The number of nitrogens with one attached hydrogen (secondary N) is 2. The maximum atomic E-state index is 13.5. The summed E-state index contributed by atoms with van der Waals surface area (Å²) in [5.41, 5.74) is 0.777. The zero-order valence-corrected chi connectivity index (χ0v) is 14.5. The van der Waals surface area contributed by atoms with Crippen LogP contribution in [-0.4, -0.2) is 42.9 Å². The molecule has 1 heterocycles. The number of nitrogens with zero attached hydrogens (tertiary/aromatic N) is 1. The largest absolute Gasteiger partial charge is 0.347 e. The van der Waals surface area contributed by atoms with Gasteiger partial charge in [-0.05, 0) is 30.5 Å². The van der Waals surface area contributed by atoms with E-state index in [1.807, 2.05) is 6.07 Å². The predicted molar refractivity (Wildman–Crippen MR) is 93.3 cm³/mol. The summed E-state index contributed by atoms with van der Waals surface area (Å²) in [6.07, 6.45) is 5.20. The Morgan fingerprint density at radius 1 is 1.24 bits per heavy atom. The van der Waals surface area contributed by atoms with Gasteiger partial charge in [0.2, 0.25) is 11.8 Å². The zero-order chi connectivity index (χ0) is 17.6. The second-order valence-corrected chi connectivity index (χ2v) is 6.91. The molecule has 2 fully saturated rings. The molecular formula is C19H26FN3O2. The van der Waals surface area contributed by atoms with E-state index in [0.29, 0.717) is 19.6 Å². The van der Waals surface area contributed by atoms with Gasteiger partial charge in [-0.25, -0.2) is 4.39 Å². The lowest BCUT2D eigenvalue weighted by atomic mass is 9.89. The number of amides is 2. The highest BCUT2D eigenvalue weighted by Gasteiger charge is 2.29. The van der Waals surface area contributed by atoms with Gasteiger partial charge in [0.1, 0.15) is 5.82 Å². The molecule has 0 bridgehead atoms. The monoisotopic (exact) mass is 347 g/mol. The van der Waals surface area contributed by atoms with Gasteiger partial charge in [0.05, 0.1) is 12.6 Å². The van der Waals surface area contributed by atoms with Crippen molar-refractivity contribution in [3.05, 3.63) is 35.6 Å². The van der Waals surface area contributed by atoms with Crippen molar-refractivity contribution >= 4 is 11.8 Å². The minimum Gasteiger partial charge on any atom is -0.347 e. The molecule has 1 aromatic rings. The van der Waals surface area contributed by atoms with Crippen molar-refractivity contribution in [2.45, 2.75) is 38.1 Å². The molecule has 1 saturated heterocycles. The molecular weight excluding hydrogens is 321 g/mol. The minimum atomic E-state index is -0.305. The average molecular weight is 347 g/mol. The van der Waals surface area contributed by atoms with Crippen LogP contribution in [0.15, 0.2) is 24.3 Å². The number of halogens is 1. The molecule has 2 amide bonds. The molecule has 0 radical (unpaired) electrons. The summed E-state index contributed by atoms with van der Waals surface area (Å²) in [4.78, 5) is 26.6. The lowest BCUT2D eigenvalue weighted by molar-refractivity contribution is -0.136. The fourth-order valence-corrected chi connectivity index (χ4v) is 3.79. The first-order valence-corrected chi connectivity index (χ1v) is 9.18. The third-order valence-corrected chi connectivity index (χ3v) is 5.19. The molecule has 1 unspecified atom stereocenters. The van der Waals surface area contributed by atoms with E-state index in [0.717, 1.165) is 31.2 Å². The molecule has 1 aliphatic heterocycles. The van der Waals surface area contributed by atoms with Crippen LogP contribution in [0, 0.1) is 11.7 Å². The number of piperazine rings is 1. The van der Waals surface area contributed by atoms with Gasteiger partial charge in [-0.15, -0.1) is 0 Å². The smallest absolute Gasteiger partial charge is 0.242 e. The summed E-state index contributed by atoms with van der Waals surface area (Å²) in [5, 5.41) is 6.06. The number of hydrogen-bond acceptors (Lipinski definition) is 3. The Morgan fingerprint density at radius 2 is 2.04 bits per heavy atom. The minimum absolute atomic E-state index is 0.00881. The van der Waals surface area contributed by atoms with Crippen molar-refractivity contribution in [3.8, 4) is 0 Å². The maximum Gasteiger partial charge on any atom is 0.242 e. The SMILES string of the molecule is O=C(NCC(=O)N1CCNCC1c1cccc(F)c1)C1CCCCC1. The molecule has 0 spiro atoms. The molecule has 2 N–H and O–H groups in total. The van der Waals surface area contributed by atoms with Crippen LogP contribution in [0.1, 0.15) is 43.7 Å². The number of hydrogen-bond donors (Lipinski definition) is 2. The van der Waals surface area contributed by atoms with E-state index in [2.05, 4.69) is 10.6 Å². The fourth-order valence-electron chi connectivity index (χ4n) is 3.79. The second-order valence-electron chi connectivity index (χ2n) is 6.91. The number of benzene rings is 1. The lowest BCUT2D eigenvalue weighted by Crippen LogP contribution is -2.51. The summed E-state index contributed by atoms with van der Waals surface area (Å²) in [7, 11) is 0. The Kier molecular flexibility index (Phi) is 6.02. The Labute approximate surface area is 148 Å². The molecule has 25 heavy (non-hydrogen) atoms. The summed E-state index contributed by atoms with van der Waals surface area (Å²) >= 11 is 0. The third-order valence-electron chi connectivity index (χ3n) is 5.19. The first-order chi connectivity index (χ1) is 12.1. The fraction of sp³-hybridized carbons (Fsp3) is 0.579. The van der Waals surface area contributed by atoms with E-state index in [4.69, 9.17) is 0 Å². The number of carbonyl (C=O) groups excluding carboxylic acids is 2. The summed E-state index contributed by atoms with van der Waals surface area (Å²) < 4.78 is 13.5. The third kappa shape index (κ3) is 4.57. The number of carbonyl (C=O) groups is 2. The lowest BCUT2D eigenvalue weighted by Gasteiger charge is -2.36. The van der Waals surface area contributed by atoms with Crippen LogP contribution >= 0.6 is 0 Å². The quantitative estimate of drug-likeness (QED) is 0.876. The first kappa shape index (κ1) is 17.9. The van der Waals surface area contributed by atoms with E-state index in [9.17, 15) is 14.0 Å². The first-order valence-electron chi connectivity index (χ1n) is 9.18. The van der Waals surface area contributed by atoms with Gasteiger partial charge in [0, 0.05) is 25.6 Å². The summed E-state index contributed by atoms with van der Waals surface area (Å²) in [5.74, 6) is -0.380. The van der Waals surface area contributed by atoms with Crippen LogP contribution in [-0.2, 0) is 9.59 Å². The normalized spacial score (nSPS) is 21.8.